The van der Waals surface area contributed by atoms with Crippen molar-refractivity contribution in [2.24, 2.45) is 0 Å². The Morgan fingerprint density at radius 3 is 2.30 bits per heavy atom. The topological polar surface area (TPSA) is 54.4 Å². The van der Waals surface area contributed by atoms with Crippen LogP contribution in [0.3, 0.4) is 0 Å². The third kappa shape index (κ3) is 3.65. The van der Waals surface area contributed by atoms with Gasteiger partial charge in [-0.25, -0.2) is 4.79 Å². The highest BCUT2D eigenvalue weighted by Gasteiger charge is 2.03. The van der Waals surface area contributed by atoms with Gasteiger partial charge in [-0.05, 0) is 35.9 Å². The summed E-state index contributed by atoms with van der Waals surface area (Å²) in [5.41, 5.74) is 1.59. The van der Waals surface area contributed by atoms with Gasteiger partial charge in [-0.15, -0.1) is 0 Å². The molecule has 2 rings (SSSR count). The van der Waals surface area contributed by atoms with E-state index in [1.165, 1.54) is 18.2 Å². The zero-order valence-electron chi connectivity index (χ0n) is 10.4. The van der Waals surface area contributed by atoms with Crippen LogP contribution in [0.5, 0.6) is 0 Å². The molecule has 2 aromatic carbocycles. The molecule has 0 bridgehead atoms. The van der Waals surface area contributed by atoms with Gasteiger partial charge in [0.1, 0.15) is 0 Å². The number of hydrogen-bond donors (Lipinski definition) is 1. The zero-order valence-corrected chi connectivity index (χ0v) is 12.0. The summed E-state index contributed by atoms with van der Waals surface area (Å²) < 4.78 is 0.850. The molecule has 100 valence electrons. The first-order valence-corrected chi connectivity index (χ1v) is 6.67. The van der Waals surface area contributed by atoms with Crippen LogP contribution in [0.15, 0.2) is 59.1 Å². The summed E-state index contributed by atoms with van der Waals surface area (Å²) >= 11 is 3.32. The zero-order chi connectivity index (χ0) is 14.5. The average molecular weight is 331 g/mol. The van der Waals surface area contributed by atoms with Crippen molar-refractivity contribution in [2.45, 2.75) is 0 Å². The number of halogens is 1. The number of aromatic carboxylic acids is 1. The van der Waals surface area contributed by atoms with Gasteiger partial charge in [0.2, 0.25) is 0 Å². The van der Waals surface area contributed by atoms with Gasteiger partial charge in [0.05, 0.1) is 5.56 Å². The Morgan fingerprint density at radius 1 is 1.00 bits per heavy atom. The SMILES string of the molecule is O=C(O)c1ccc(/C=C/C(=O)c2cccc(Br)c2)cc1. The molecular formula is C16H11BrO3. The van der Waals surface area contributed by atoms with Gasteiger partial charge in [-0.2, -0.15) is 0 Å². The van der Waals surface area contributed by atoms with E-state index < -0.39 is 5.97 Å². The summed E-state index contributed by atoms with van der Waals surface area (Å²) in [5.74, 6) is -1.07. The molecule has 0 radical (unpaired) electrons. The predicted octanol–water partition coefficient (Wildman–Crippen LogP) is 4.04. The summed E-state index contributed by atoms with van der Waals surface area (Å²) in [7, 11) is 0. The average Bonchev–Trinajstić information content (AvgIpc) is 2.45. The molecule has 2 aromatic rings. The molecule has 20 heavy (non-hydrogen) atoms. The number of hydrogen-bond acceptors (Lipinski definition) is 2. The van der Waals surface area contributed by atoms with Crippen molar-refractivity contribution in [3.8, 4) is 0 Å². The molecule has 0 spiro atoms. The molecule has 3 nitrogen and oxygen atoms in total. The van der Waals surface area contributed by atoms with Gasteiger partial charge in [-0.1, -0.05) is 46.3 Å². The molecule has 0 aliphatic carbocycles. The molecule has 0 amide bonds. The minimum Gasteiger partial charge on any atom is -0.478 e. The minimum absolute atomic E-state index is 0.103. The lowest BCUT2D eigenvalue weighted by atomic mass is 10.1. The number of rotatable bonds is 4. The van der Waals surface area contributed by atoms with Gasteiger partial charge in [0.15, 0.2) is 5.78 Å². The highest BCUT2D eigenvalue weighted by molar-refractivity contribution is 9.10. The molecular weight excluding hydrogens is 320 g/mol. The lowest BCUT2D eigenvalue weighted by molar-refractivity contribution is 0.0696. The van der Waals surface area contributed by atoms with Crippen molar-refractivity contribution < 1.29 is 14.7 Å². The van der Waals surface area contributed by atoms with Crippen LogP contribution in [0.2, 0.25) is 0 Å². The Morgan fingerprint density at radius 2 is 1.70 bits per heavy atom. The van der Waals surface area contributed by atoms with Gasteiger partial charge in [0.25, 0.3) is 0 Å². The van der Waals surface area contributed by atoms with Crippen molar-refractivity contribution in [3.05, 3.63) is 75.8 Å². The Hall–Kier alpha value is -2.20. The van der Waals surface area contributed by atoms with Crippen LogP contribution >= 0.6 is 15.9 Å². The summed E-state index contributed by atoms with van der Waals surface area (Å²) in [4.78, 5) is 22.7. The van der Waals surface area contributed by atoms with E-state index in [1.54, 1.807) is 36.4 Å². The van der Waals surface area contributed by atoms with Crippen LogP contribution in [0.25, 0.3) is 6.08 Å². The molecule has 0 saturated carbocycles. The van der Waals surface area contributed by atoms with Crippen molar-refractivity contribution in [3.63, 3.8) is 0 Å². The Bertz CT molecular complexity index is 672. The van der Waals surface area contributed by atoms with Crippen LogP contribution < -0.4 is 0 Å². The van der Waals surface area contributed by atoms with E-state index in [4.69, 9.17) is 5.11 Å². The highest BCUT2D eigenvalue weighted by atomic mass is 79.9. The number of carbonyl (C=O) groups is 2. The Balaban J connectivity index is 2.13. The maximum atomic E-state index is 11.9. The molecule has 0 aliphatic heterocycles. The molecule has 0 unspecified atom stereocenters. The fraction of sp³-hybridized carbons (Fsp3) is 0. The minimum atomic E-state index is -0.967. The van der Waals surface area contributed by atoms with Crippen molar-refractivity contribution in [1.82, 2.24) is 0 Å². The first-order chi connectivity index (χ1) is 9.56. The number of benzene rings is 2. The lowest BCUT2D eigenvalue weighted by Gasteiger charge is -1.98. The molecule has 1 N–H and O–H groups in total. The molecule has 4 heteroatoms. The second-order valence-corrected chi connectivity index (χ2v) is 5.05. The summed E-state index contributed by atoms with van der Waals surface area (Å²) in [6, 6.07) is 13.5. The van der Waals surface area contributed by atoms with Crippen LogP contribution in [0.4, 0.5) is 0 Å². The molecule has 0 aromatic heterocycles. The molecule has 0 aliphatic rings. The van der Waals surface area contributed by atoms with Crippen LogP contribution in [-0.2, 0) is 0 Å². The molecule has 0 saturated heterocycles. The van der Waals surface area contributed by atoms with E-state index in [1.807, 2.05) is 6.07 Å². The van der Waals surface area contributed by atoms with Gasteiger partial charge in [-0.3, -0.25) is 4.79 Å². The largest absolute Gasteiger partial charge is 0.478 e. The van der Waals surface area contributed by atoms with E-state index in [0.717, 1.165) is 10.0 Å². The summed E-state index contributed by atoms with van der Waals surface area (Å²) in [6.45, 7) is 0. The summed E-state index contributed by atoms with van der Waals surface area (Å²) in [5, 5.41) is 8.79. The van der Waals surface area contributed by atoms with Crippen molar-refractivity contribution in [1.29, 1.82) is 0 Å². The van der Waals surface area contributed by atoms with Crippen LogP contribution in [-0.4, -0.2) is 16.9 Å². The monoisotopic (exact) mass is 330 g/mol. The number of carbonyl (C=O) groups excluding carboxylic acids is 1. The van der Waals surface area contributed by atoms with E-state index in [0.29, 0.717) is 5.56 Å². The van der Waals surface area contributed by atoms with Crippen molar-refractivity contribution >= 4 is 33.8 Å². The number of allylic oxidation sites excluding steroid dienone is 1. The second-order valence-electron chi connectivity index (χ2n) is 4.14. The maximum absolute atomic E-state index is 11.9. The smallest absolute Gasteiger partial charge is 0.335 e. The third-order valence-corrected chi connectivity index (χ3v) is 3.19. The van der Waals surface area contributed by atoms with E-state index in [-0.39, 0.29) is 11.3 Å². The normalized spacial score (nSPS) is 10.7. The van der Waals surface area contributed by atoms with E-state index in [2.05, 4.69) is 15.9 Å². The fourth-order valence-electron chi connectivity index (χ4n) is 1.65. The summed E-state index contributed by atoms with van der Waals surface area (Å²) in [6.07, 6.45) is 3.13. The standard InChI is InChI=1S/C16H11BrO3/c17-14-3-1-2-13(10-14)15(18)9-6-11-4-7-12(8-5-11)16(19)20/h1-10H,(H,19,20)/b9-6+. The molecule has 0 fully saturated rings. The van der Waals surface area contributed by atoms with Gasteiger partial charge >= 0.3 is 5.97 Å². The Labute approximate surface area is 124 Å². The first kappa shape index (κ1) is 14.2. The van der Waals surface area contributed by atoms with E-state index >= 15 is 0 Å². The Kier molecular flexibility index (Phi) is 4.48. The lowest BCUT2D eigenvalue weighted by Crippen LogP contribution is -1.95. The van der Waals surface area contributed by atoms with Gasteiger partial charge < -0.3 is 5.11 Å². The van der Waals surface area contributed by atoms with E-state index in [9.17, 15) is 9.59 Å². The number of carboxylic acids is 1. The third-order valence-electron chi connectivity index (χ3n) is 2.69. The maximum Gasteiger partial charge on any atom is 0.335 e. The second kappa shape index (κ2) is 6.30. The van der Waals surface area contributed by atoms with Crippen LogP contribution in [0.1, 0.15) is 26.3 Å². The number of carboxylic acid groups (broad SMARTS) is 1. The van der Waals surface area contributed by atoms with Crippen LogP contribution in [0, 0.1) is 0 Å². The highest BCUT2D eigenvalue weighted by Crippen LogP contribution is 2.13. The van der Waals surface area contributed by atoms with Gasteiger partial charge in [0, 0.05) is 10.0 Å². The van der Waals surface area contributed by atoms with Crippen molar-refractivity contribution in [2.75, 3.05) is 0 Å². The first-order valence-electron chi connectivity index (χ1n) is 5.87. The fourth-order valence-corrected chi connectivity index (χ4v) is 2.05. The number of ketones is 1. The predicted molar refractivity (Wildman–Crippen MR) is 80.9 cm³/mol. The quantitative estimate of drug-likeness (QED) is 0.679. The molecule has 0 heterocycles. The molecule has 0 atom stereocenters.